The topological polar surface area (TPSA) is 112 Å². The van der Waals surface area contributed by atoms with E-state index in [2.05, 4.69) is 173 Å². The smallest absolute Gasteiger partial charge is 0.261 e. The van der Waals surface area contributed by atoms with Crippen molar-refractivity contribution in [2.75, 3.05) is 13.2 Å². The number of hydrogen-bond donors (Lipinski definition) is 1. The Morgan fingerprint density at radius 3 is 1.44 bits per heavy atom. The van der Waals surface area contributed by atoms with E-state index in [1.807, 2.05) is 140 Å². The highest BCUT2D eigenvalue weighted by atomic mass is 32.2. The van der Waals surface area contributed by atoms with Crippen LogP contribution in [0, 0.1) is 6.92 Å². The number of amides is 1. The van der Waals surface area contributed by atoms with Gasteiger partial charge in [0, 0.05) is 4.90 Å². The second-order valence-corrected chi connectivity index (χ2v) is 31.1. The third-order valence-corrected chi connectivity index (χ3v) is 23.9. The molecule has 0 spiro atoms. The van der Waals surface area contributed by atoms with Crippen LogP contribution >= 0.6 is 11.8 Å². The predicted octanol–water partition coefficient (Wildman–Crippen LogP) is 14.9. The number of benzene rings is 10. The van der Waals surface area contributed by atoms with Gasteiger partial charge in [0.25, 0.3) is 8.32 Å². The van der Waals surface area contributed by atoms with E-state index in [1.54, 1.807) is 11.8 Å². The van der Waals surface area contributed by atoms with Crippen LogP contribution in [0.25, 0.3) is 10.8 Å². The molecule has 10 aromatic rings. The monoisotopic (exact) mass is 1300 g/mol. The highest BCUT2D eigenvalue weighted by Crippen LogP contribution is 2.43. The summed E-state index contributed by atoms with van der Waals surface area (Å²) in [6.07, 6.45) is -7.28. The number of carbonyl (C=O) groups excluding carboxylic acids is 1. The fourth-order valence-corrected chi connectivity index (χ4v) is 18.6. The summed E-state index contributed by atoms with van der Waals surface area (Å²) in [4.78, 5) is 16.2. The average molecular weight is 1300 g/mol. The van der Waals surface area contributed by atoms with Crippen molar-refractivity contribution in [3.63, 3.8) is 0 Å². The molecule has 1 amide bonds. The van der Waals surface area contributed by atoms with Gasteiger partial charge in [-0.15, -0.1) is 0 Å². The van der Waals surface area contributed by atoms with Crippen molar-refractivity contribution >= 4 is 47.1 Å². The molecule has 0 saturated carbocycles. The van der Waals surface area contributed by atoms with E-state index in [9.17, 15) is 0 Å². The maximum absolute atomic E-state index is 15.2. The Labute approximate surface area is 565 Å². The first-order valence-corrected chi connectivity index (χ1v) is 35.8. The number of ether oxygens (including phenoxy) is 8. The zero-order valence-corrected chi connectivity index (χ0v) is 56.3. The summed E-state index contributed by atoms with van der Waals surface area (Å²) in [5.41, 5.74) is 6.12. The van der Waals surface area contributed by atoms with E-state index >= 15 is 4.79 Å². The molecule has 1 N–H and O–H groups in total. The maximum atomic E-state index is 15.2. The third-order valence-electron chi connectivity index (χ3n) is 17.7. The van der Waals surface area contributed by atoms with Gasteiger partial charge in [-0.3, -0.25) is 4.79 Å². The van der Waals surface area contributed by atoms with Gasteiger partial charge in [-0.25, -0.2) is 0 Å². The molecular weight excluding hydrogens is 1220 g/mol. The van der Waals surface area contributed by atoms with Gasteiger partial charge in [0.05, 0.1) is 52.7 Å². The highest BCUT2D eigenvalue weighted by Gasteiger charge is 2.57. The number of fused-ring (bicyclic) bond motifs is 1. The standard InChI is InChI=1S/C82H85NO10SSi/c1-59-44-48-68(49-45-59)94-81-79(89-55-64-36-20-9-21-37-64)78(88-54-63-34-18-8-19-35-63)76(72(92-81)58-90-95(82(2,3)4,69-40-22-10-23-41-69)70-42-24-11-25-43-70)93-80-74(83-73(84)51-60-28-12-5-13-29-60)77(87-53-62-32-16-7-17-33-62)75(71(91-80)57-85-52-61-30-14-6-15-31-61)86-56-65-46-47-66-38-26-27-39-67(66)50-65/h5-50,71-72,74-81H,51-58H2,1-4H3,(H,83,84)/t71-,72-,74-,75-,76-,77-,78+,79-,80-,81+/m1/s1. The predicted molar refractivity (Wildman–Crippen MR) is 379 cm³/mol. The zero-order chi connectivity index (χ0) is 65.2. The first-order chi connectivity index (χ1) is 46.5. The van der Waals surface area contributed by atoms with Gasteiger partial charge in [0.1, 0.15) is 54.2 Å². The van der Waals surface area contributed by atoms with Gasteiger partial charge in [-0.05, 0) is 84.7 Å². The van der Waals surface area contributed by atoms with Crippen molar-refractivity contribution in [1.82, 2.24) is 5.32 Å². The fraction of sp³-hybridized carbons (Fsp3) is 0.280. The Morgan fingerprint density at radius 2 is 0.895 bits per heavy atom. The summed E-state index contributed by atoms with van der Waals surface area (Å²) in [5, 5.41) is 7.51. The molecule has 2 saturated heterocycles. The molecule has 2 aliphatic heterocycles. The van der Waals surface area contributed by atoms with Crippen LogP contribution in [0.15, 0.2) is 284 Å². The third kappa shape index (κ3) is 17.4. The molecule has 2 heterocycles. The SMILES string of the molecule is Cc1ccc(S[C@@H]2O[C@H](CO[Si](c3ccccc3)(c3ccccc3)C(C)(C)C)[C@@H](O[C@H]3O[C@H](COCc4ccccc4)[C@@H](OCc4ccc5ccccc5c4)[C@H](OCc4ccccc4)[C@H]3NC(=O)Cc3ccccc3)[C@H](OCc3ccccc3)[C@H]2OCc2ccccc2)cc1. The Kier molecular flexibility index (Phi) is 23.1. The molecule has 0 aliphatic carbocycles. The number of thioether (sulfide) groups is 1. The molecule has 2 aliphatic rings. The fourth-order valence-electron chi connectivity index (χ4n) is 12.9. The quantitative estimate of drug-likeness (QED) is 0.0473. The molecule has 13 heteroatoms. The number of rotatable bonds is 28. The molecule has 10 aromatic carbocycles. The average Bonchev–Trinajstić information content (AvgIpc) is 0.754. The van der Waals surface area contributed by atoms with Crippen molar-refractivity contribution in [3.8, 4) is 0 Å². The summed E-state index contributed by atoms with van der Waals surface area (Å²) in [6.45, 7) is 10.2. The molecule has 0 unspecified atom stereocenters. The maximum Gasteiger partial charge on any atom is 0.261 e. The summed E-state index contributed by atoms with van der Waals surface area (Å²) in [6, 6.07) is 93.6. The summed E-state index contributed by atoms with van der Waals surface area (Å²) >= 11 is 1.58. The van der Waals surface area contributed by atoms with E-state index in [0.717, 1.165) is 65.0 Å². The molecule has 0 radical (unpaired) electrons. The van der Waals surface area contributed by atoms with Gasteiger partial charge in [0.15, 0.2) is 6.29 Å². The van der Waals surface area contributed by atoms with Crippen LogP contribution in [0.4, 0.5) is 0 Å². The molecular formula is C82H85NO10SSi. The molecule has 11 nitrogen and oxygen atoms in total. The lowest BCUT2D eigenvalue weighted by Crippen LogP contribution is -2.70. The largest absolute Gasteiger partial charge is 0.405 e. The molecule has 0 bridgehead atoms. The van der Waals surface area contributed by atoms with Crippen molar-refractivity contribution in [3.05, 3.63) is 318 Å². The number of aryl methyl sites for hydroxylation is 1. The number of nitrogens with one attached hydrogen (secondary N) is 1. The summed E-state index contributed by atoms with van der Waals surface area (Å²) in [7, 11) is -3.29. The van der Waals surface area contributed by atoms with E-state index in [-0.39, 0.29) is 52.0 Å². The van der Waals surface area contributed by atoms with Gasteiger partial charge >= 0.3 is 0 Å². The van der Waals surface area contributed by atoms with Crippen molar-refractivity contribution in [2.45, 2.75) is 138 Å². The minimum absolute atomic E-state index is 0.0618. The van der Waals surface area contributed by atoms with Crippen LogP contribution in [0.1, 0.15) is 59.7 Å². The van der Waals surface area contributed by atoms with Crippen molar-refractivity contribution < 1.29 is 47.1 Å². The lowest BCUT2D eigenvalue weighted by molar-refractivity contribution is -0.333. The molecule has 2 fully saturated rings. The zero-order valence-electron chi connectivity index (χ0n) is 54.5. The van der Waals surface area contributed by atoms with E-state index in [0.29, 0.717) is 6.61 Å². The normalized spacial score (nSPS) is 21.5. The number of carbonyl (C=O) groups is 1. The Morgan fingerprint density at radius 1 is 0.442 bits per heavy atom. The first kappa shape index (κ1) is 67.1. The van der Waals surface area contributed by atoms with E-state index < -0.39 is 73.9 Å². The lowest BCUT2D eigenvalue weighted by atomic mass is 9.94. The lowest BCUT2D eigenvalue weighted by Gasteiger charge is -2.51. The Hall–Kier alpha value is -7.86. The van der Waals surface area contributed by atoms with Crippen LogP contribution in [0.3, 0.4) is 0 Å². The first-order valence-electron chi connectivity index (χ1n) is 33.0. The van der Waals surface area contributed by atoms with Crippen LogP contribution in [0.5, 0.6) is 0 Å². The van der Waals surface area contributed by atoms with Crippen LogP contribution in [0.2, 0.25) is 5.04 Å². The van der Waals surface area contributed by atoms with Gasteiger partial charge in [0.2, 0.25) is 5.91 Å². The van der Waals surface area contributed by atoms with Crippen LogP contribution in [-0.4, -0.2) is 87.9 Å². The van der Waals surface area contributed by atoms with Crippen LogP contribution < -0.4 is 15.7 Å². The minimum Gasteiger partial charge on any atom is -0.405 e. The highest BCUT2D eigenvalue weighted by molar-refractivity contribution is 7.99. The Balaban J connectivity index is 1.01. The second-order valence-electron chi connectivity index (χ2n) is 25.6. The minimum atomic E-state index is -3.29. The van der Waals surface area contributed by atoms with Crippen LogP contribution in [-0.2, 0) is 86.6 Å². The van der Waals surface area contributed by atoms with Gasteiger partial charge < -0.3 is 47.6 Å². The Bertz CT molecular complexity index is 3890. The number of hydrogen-bond acceptors (Lipinski definition) is 11. The molecule has 12 rings (SSSR count). The second kappa shape index (κ2) is 32.7. The summed E-state index contributed by atoms with van der Waals surface area (Å²) < 4.78 is 67.5. The van der Waals surface area contributed by atoms with Crippen molar-refractivity contribution in [1.29, 1.82) is 0 Å². The molecule has 488 valence electrons. The molecule has 95 heavy (non-hydrogen) atoms. The molecule has 10 atom stereocenters. The van der Waals surface area contributed by atoms with E-state index in [4.69, 9.17) is 42.3 Å². The summed E-state index contributed by atoms with van der Waals surface area (Å²) in [5.74, 6) is -0.263. The van der Waals surface area contributed by atoms with E-state index in [1.165, 1.54) is 0 Å². The van der Waals surface area contributed by atoms with Gasteiger partial charge in [-0.2, -0.15) is 0 Å². The molecule has 0 aromatic heterocycles. The van der Waals surface area contributed by atoms with Gasteiger partial charge in [-0.1, -0.05) is 299 Å². The van der Waals surface area contributed by atoms with Crippen molar-refractivity contribution in [2.24, 2.45) is 0 Å².